The van der Waals surface area contributed by atoms with Crippen molar-refractivity contribution in [2.75, 3.05) is 0 Å². The van der Waals surface area contributed by atoms with Gasteiger partial charge in [-0.05, 0) is 5.56 Å². The molecule has 1 atom stereocenters. The molecule has 1 unspecified atom stereocenters. The van der Waals surface area contributed by atoms with Crippen LogP contribution in [0.15, 0.2) is 30.3 Å². The van der Waals surface area contributed by atoms with Crippen LogP contribution in [0.5, 0.6) is 0 Å². The molecular formula is C8H8NO2S+. The van der Waals surface area contributed by atoms with Gasteiger partial charge in [0.1, 0.15) is 11.9 Å². The molecule has 0 radical (unpaired) electrons. The SMILES string of the molecule is O=C1O[NH2+]SC1c1ccccc1. The van der Waals surface area contributed by atoms with E-state index in [1.807, 2.05) is 30.3 Å². The number of nitrogens with two attached hydrogens (primary N) is 1. The van der Waals surface area contributed by atoms with Crippen molar-refractivity contribution in [2.24, 2.45) is 0 Å². The van der Waals surface area contributed by atoms with E-state index in [9.17, 15) is 4.79 Å². The highest BCUT2D eigenvalue weighted by Crippen LogP contribution is 2.27. The molecular weight excluding hydrogens is 174 g/mol. The fourth-order valence-corrected chi connectivity index (χ4v) is 1.83. The Morgan fingerprint density at radius 1 is 1.33 bits per heavy atom. The van der Waals surface area contributed by atoms with Crippen LogP contribution in [0, 0.1) is 0 Å². The lowest BCUT2D eigenvalue weighted by Gasteiger charge is -1.97. The maximum atomic E-state index is 11.1. The van der Waals surface area contributed by atoms with E-state index >= 15 is 0 Å². The Morgan fingerprint density at radius 2 is 2.08 bits per heavy atom. The zero-order valence-corrected chi connectivity index (χ0v) is 7.08. The van der Waals surface area contributed by atoms with Crippen LogP contribution in [0.2, 0.25) is 0 Å². The molecule has 1 aromatic carbocycles. The standard InChI is InChI=1S/C8H7NO2S/c10-8-7(12-9-11-8)6-4-2-1-3-5-6/h1-5,7,9H/p+1. The van der Waals surface area contributed by atoms with Crippen LogP contribution in [-0.4, -0.2) is 5.97 Å². The lowest BCUT2D eigenvalue weighted by molar-refractivity contribution is -0.736. The van der Waals surface area contributed by atoms with E-state index in [0.29, 0.717) is 0 Å². The van der Waals surface area contributed by atoms with Crippen molar-refractivity contribution in [1.82, 2.24) is 0 Å². The van der Waals surface area contributed by atoms with E-state index in [2.05, 4.69) is 0 Å². The molecule has 12 heavy (non-hydrogen) atoms. The normalized spacial score (nSPS) is 22.3. The smallest absolute Gasteiger partial charge is 0.266 e. The summed E-state index contributed by atoms with van der Waals surface area (Å²) in [7, 11) is 0. The van der Waals surface area contributed by atoms with Gasteiger partial charge in [0.25, 0.3) is 0 Å². The number of hydrogen-bond acceptors (Lipinski definition) is 3. The zero-order valence-electron chi connectivity index (χ0n) is 6.27. The largest absolute Gasteiger partial charge is 0.390 e. The molecule has 0 aliphatic carbocycles. The second-order valence-electron chi connectivity index (χ2n) is 2.46. The highest BCUT2D eigenvalue weighted by Gasteiger charge is 2.34. The Kier molecular flexibility index (Phi) is 2.01. The summed E-state index contributed by atoms with van der Waals surface area (Å²) in [6.07, 6.45) is 0. The zero-order chi connectivity index (χ0) is 8.39. The molecule has 1 saturated heterocycles. The molecule has 4 heteroatoms. The molecule has 0 saturated carbocycles. The molecule has 1 heterocycles. The average Bonchev–Trinajstić information content (AvgIpc) is 2.53. The van der Waals surface area contributed by atoms with Crippen molar-refractivity contribution >= 4 is 17.9 Å². The third kappa shape index (κ3) is 1.31. The van der Waals surface area contributed by atoms with E-state index in [4.69, 9.17) is 4.84 Å². The highest BCUT2D eigenvalue weighted by molar-refractivity contribution is 7.93. The second-order valence-corrected chi connectivity index (χ2v) is 3.40. The molecule has 1 aliphatic rings. The minimum absolute atomic E-state index is 0.161. The average molecular weight is 182 g/mol. The van der Waals surface area contributed by atoms with Crippen LogP contribution >= 0.6 is 11.9 Å². The predicted octanol–water partition coefficient (Wildman–Crippen LogP) is 0.411. The van der Waals surface area contributed by atoms with Crippen molar-refractivity contribution in [2.45, 2.75) is 5.25 Å². The van der Waals surface area contributed by atoms with E-state index in [1.165, 1.54) is 16.8 Å². The maximum absolute atomic E-state index is 11.1. The van der Waals surface area contributed by atoms with Gasteiger partial charge in [0, 0.05) is 0 Å². The van der Waals surface area contributed by atoms with Crippen molar-refractivity contribution in [1.29, 1.82) is 0 Å². The van der Waals surface area contributed by atoms with Crippen molar-refractivity contribution in [3.05, 3.63) is 35.9 Å². The van der Waals surface area contributed by atoms with E-state index in [-0.39, 0.29) is 11.2 Å². The maximum Gasteiger partial charge on any atom is 0.390 e. The monoisotopic (exact) mass is 182 g/mol. The number of hydrogen-bond donors (Lipinski definition) is 1. The Hall–Kier alpha value is -1.00. The Labute approximate surface area is 74.2 Å². The van der Waals surface area contributed by atoms with Crippen LogP contribution in [0.1, 0.15) is 10.8 Å². The van der Waals surface area contributed by atoms with Crippen molar-refractivity contribution in [3.8, 4) is 0 Å². The van der Waals surface area contributed by atoms with Crippen LogP contribution in [-0.2, 0) is 9.63 Å². The lowest BCUT2D eigenvalue weighted by Crippen LogP contribution is -2.71. The summed E-state index contributed by atoms with van der Waals surface area (Å²) in [5, 5.41) is -0.161. The van der Waals surface area contributed by atoms with E-state index in [1.54, 1.807) is 0 Å². The summed E-state index contributed by atoms with van der Waals surface area (Å²) in [6.45, 7) is 0. The quantitative estimate of drug-likeness (QED) is 0.640. The molecule has 2 N–H and O–H groups in total. The molecule has 0 bridgehead atoms. The Morgan fingerprint density at radius 3 is 2.67 bits per heavy atom. The van der Waals surface area contributed by atoms with Gasteiger partial charge in [0.05, 0.1) is 0 Å². The van der Waals surface area contributed by atoms with Crippen LogP contribution in [0.4, 0.5) is 0 Å². The first kappa shape index (κ1) is 7.64. The first-order chi connectivity index (χ1) is 5.88. The summed E-state index contributed by atoms with van der Waals surface area (Å²) < 4.78 is 0. The molecule has 0 spiro atoms. The summed E-state index contributed by atoms with van der Waals surface area (Å²) in [6, 6.07) is 9.62. The van der Waals surface area contributed by atoms with Gasteiger partial charge in [-0.2, -0.15) is 0 Å². The topological polar surface area (TPSA) is 42.9 Å². The molecule has 0 aromatic heterocycles. The van der Waals surface area contributed by atoms with Gasteiger partial charge in [0.2, 0.25) is 0 Å². The Bertz CT molecular complexity index is 288. The van der Waals surface area contributed by atoms with E-state index < -0.39 is 0 Å². The van der Waals surface area contributed by atoms with Gasteiger partial charge in [-0.3, -0.25) is 4.84 Å². The molecule has 3 nitrogen and oxygen atoms in total. The molecule has 0 amide bonds. The number of quaternary nitrogens is 1. The molecule has 1 fully saturated rings. The summed E-state index contributed by atoms with van der Waals surface area (Å²) in [5.41, 5.74) is 1.00. The third-order valence-corrected chi connectivity index (χ3v) is 2.62. The fraction of sp³-hybridized carbons (Fsp3) is 0.125. The lowest BCUT2D eigenvalue weighted by atomic mass is 10.1. The van der Waals surface area contributed by atoms with Gasteiger partial charge in [-0.15, -0.1) is 0 Å². The Balaban J connectivity index is 2.25. The molecule has 62 valence electrons. The number of carbonyl (C=O) groups excluding carboxylic acids is 1. The van der Waals surface area contributed by atoms with Crippen LogP contribution in [0.3, 0.4) is 0 Å². The number of rotatable bonds is 1. The van der Waals surface area contributed by atoms with E-state index in [0.717, 1.165) is 5.56 Å². The fourth-order valence-electron chi connectivity index (χ4n) is 1.09. The van der Waals surface area contributed by atoms with Crippen LogP contribution in [0.25, 0.3) is 0 Å². The third-order valence-electron chi connectivity index (χ3n) is 1.67. The minimum Gasteiger partial charge on any atom is -0.266 e. The molecule has 1 aromatic rings. The molecule has 2 rings (SSSR count). The first-order valence-electron chi connectivity index (χ1n) is 3.60. The predicted molar refractivity (Wildman–Crippen MR) is 44.8 cm³/mol. The summed E-state index contributed by atoms with van der Waals surface area (Å²) >= 11 is 1.41. The van der Waals surface area contributed by atoms with Gasteiger partial charge in [0.15, 0.2) is 5.25 Å². The van der Waals surface area contributed by atoms with Gasteiger partial charge in [-0.1, -0.05) is 35.2 Å². The van der Waals surface area contributed by atoms with Gasteiger partial charge >= 0.3 is 5.97 Å². The van der Waals surface area contributed by atoms with Crippen LogP contribution < -0.4 is 4.89 Å². The van der Waals surface area contributed by atoms with Gasteiger partial charge in [-0.25, -0.2) is 4.79 Å². The minimum atomic E-state index is -0.175. The van der Waals surface area contributed by atoms with Crippen molar-refractivity contribution in [3.63, 3.8) is 0 Å². The highest BCUT2D eigenvalue weighted by atomic mass is 32.2. The second kappa shape index (κ2) is 3.16. The summed E-state index contributed by atoms with van der Waals surface area (Å²) in [5.74, 6) is -0.175. The van der Waals surface area contributed by atoms with Gasteiger partial charge < -0.3 is 0 Å². The summed E-state index contributed by atoms with van der Waals surface area (Å²) in [4.78, 5) is 17.3. The number of carbonyl (C=O) groups is 1. The molecule has 1 aliphatic heterocycles. The first-order valence-corrected chi connectivity index (χ1v) is 4.55. The van der Waals surface area contributed by atoms with Crippen molar-refractivity contribution < 1.29 is 14.5 Å². The number of benzene rings is 1.